The highest BCUT2D eigenvalue weighted by Gasteiger charge is 2.38. The van der Waals surface area contributed by atoms with E-state index in [-0.39, 0.29) is 16.9 Å². The molecule has 1 unspecified atom stereocenters. The molecule has 0 spiro atoms. The molecule has 0 radical (unpaired) electrons. The number of rotatable bonds is 2. The maximum atomic E-state index is 5.36. The van der Waals surface area contributed by atoms with Crippen LogP contribution in [0.1, 0.15) is 61.1 Å². The van der Waals surface area contributed by atoms with Crippen molar-refractivity contribution < 1.29 is 0 Å². The lowest BCUT2D eigenvalue weighted by Gasteiger charge is -2.29. The number of benzene rings is 5. The van der Waals surface area contributed by atoms with Gasteiger partial charge in [0.25, 0.3) is 0 Å². The first-order chi connectivity index (χ1) is 21.3. The molecular weight excluding hydrogens is 532 g/mol. The van der Waals surface area contributed by atoms with Gasteiger partial charge in [-0.1, -0.05) is 119 Å². The van der Waals surface area contributed by atoms with E-state index in [0.717, 1.165) is 22.7 Å². The molecule has 0 saturated carbocycles. The van der Waals surface area contributed by atoms with Gasteiger partial charge in [-0.3, -0.25) is 0 Å². The summed E-state index contributed by atoms with van der Waals surface area (Å²) in [4.78, 5) is 5.36. The van der Waals surface area contributed by atoms with Crippen LogP contribution in [-0.4, -0.2) is 11.8 Å². The molecule has 0 saturated heterocycles. The minimum absolute atomic E-state index is 0.0534. The molecule has 0 fully saturated rings. The van der Waals surface area contributed by atoms with Crippen LogP contribution in [0.25, 0.3) is 44.4 Å². The van der Waals surface area contributed by atoms with E-state index in [1.165, 1.54) is 60.8 Å². The van der Waals surface area contributed by atoms with E-state index in [1.54, 1.807) is 0 Å². The fourth-order valence-electron chi connectivity index (χ4n) is 8.03. The molecule has 212 valence electrons. The SMILES string of the molecule is CC1(C)c2ccccc2-c2ccc(C3=C(c4ccc5c(c4)C(C)(C)c4cc6ccccc6cc4-5)NC4C=CC=CC4=N3)cc21. The molecule has 0 bridgehead atoms. The van der Waals surface area contributed by atoms with Gasteiger partial charge in [0, 0.05) is 22.0 Å². The first-order valence-corrected chi connectivity index (χ1v) is 15.7. The third kappa shape index (κ3) is 3.46. The van der Waals surface area contributed by atoms with Crippen LogP contribution in [0, 0.1) is 0 Å². The molecule has 5 aromatic rings. The lowest BCUT2D eigenvalue weighted by molar-refractivity contribution is 0.660. The highest BCUT2D eigenvalue weighted by atomic mass is 15.0. The second-order valence-electron chi connectivity index (χ2n) is 13.7. The largest absolute Gasteiger partial charge is 0.371 e. The molecule has 0 amide bonds. The van der Waals surface area contributed by atoms with Crippen molar-refractivity contribution in [2.75, 3.05) is 0 Å². The van der Waals surface area contributed by atoms with Crippen molar-refractivity contribution in [3.05, 3.63) is 155 Å². The average Bonchev–Trinajstić information content (AvgIpc) is 3.41. The Morgan fingerprint density at radius 1 is 0.568 bits per heavy atom. The lowest BCUT2D eigenvalue weighted by atomic mass is 9.81. The Bertz CT molecular complexity index is 2200. The predicted molar refractivity (Wildman–Crippen MR) is 185 cm³/mol. The van der Waals surface area contributed by atoms with Crippen molar-refractivity contribution in [2.24, 2.45) is 4.99 Å². The van der Waals surface area contributed by atoms with Crippen molar-refractivity contribution in [3.8, 4) is 22.3 Å². The van der Waals surface area contributed by atoms with Gasteiger partial charge in [0.2, 0.25) is 0 Å². The van der Waals surface area contributed by atoms with Gasteiger partial charge in [-0.25, -0.2) is 4.99 Å². The van der Waals surface area contributed by atoms with Crippen LogP contribution in [0.2, 0.25) is 0 Å². The Balaban J connectivity index is 1.23. The highest BCUT2D eigenvalue weighted by molar-refractivity contribution is 6.10. The normalized spacial score (nSPS) is 19.5. The Kier molecular flexibility index (Phi) is 5.11. The maximum absolute atomic E-state index is 5.36. The van der Waals surface area contributed by atoms with Crippen LogP contribution >= 0.6 is 0 Å². The summed E-state index contributed by atoms with van der Waals surface area (Å²) in [6.45, 7) is 9.42. The van der Waals surface area contributed by atoms with Crippen molar-refractivity contribution >= 4 is 27.9 Å². The standard InChI is InChI=1S/C42H34N2/c1-41(2)33-14-8-7-13-29(33)30-19-17-27(23-34(30)41)39-40(44-38-16-10-9-15-37(38)43-39)28-18-20-31-32-21-25-11-5-6-12-26(25)22-36(32)42(3,4)35(31)24-28/h5-24,38,44H,1-4H3. The van der Waals surface area contributed by atoms with E-state index >= 15 is 0 Å². The molecule has 3 aliphatic carbocycles. The molecule has 2 heteroatoms. The van der Waals surface area contributed by atoms with Gasteiger partial charge in [0.1, 0.15) is 0 Å². The summed E-state index contributed by atoms with van der Waals surface area (Å²) in [5.74, 6) is 0. The maximum Gasteiger partial charge on any atom is 0.0944 e. The second kappa shape index (κ2) is 8.80. The van der Waals surface area contributed by atoms with Crippen LogP contribution < -0.4 is 5.32 Å². The fraction of sp³-hybridized carbons (Fsp3) is 0.167. The molecule has 0 aromatic heterocycles. The predicted octanol–water partition coefficient (Wildman–Crippen LogP) is 9.82. The van der Waals surface area contributed by atoms with Crippen LogP contribution in [0.3, 0.4) is 0 Å². The van der Waals surface area contributed by atoms with E-state index < -0.39 is 0 Å². The van der Waals surface area contributed by atoms with Gasteiger partial charge in [-0.2, -0.15) is 0 Å². The molecule has 1 atom stereocenters. The number of nitrogens with zero attached hydrogens (tertiary/aromatic N) is 1. The number of aliphatic imine (C=N–C) groups is 1. The third-order valence-electron chi connectivity index (χ3n) is 10.5. The average molecular weight is 567 g/mol. The van der Waals surface area contributed by atoms with E-state index in [4.69, 9.17) is 4.99 Å². The molecule has 4 aliphatic rings. The molecule has 2 nitrogen and oxygen atoms in total. The number of nitrogens with one attached hydrogen (secondary N) is 1. The smallest absolute Gasteiger partial charge is 0.0944 e. The summed E-state index contributed by atoms with van der Waals surface area (Å²) in [6, 6.07) is 36.4. The molecule has 5 aromatic carbocycles. The first kappa shape index (κ1) is 25.5. The molecule has 1 heterocycles. The quantitative estimate of drug-likeness (QED) is 0.226. The molecule has 1 aliphatic heterocycles. The first-order valence-electron chi connectivity index (χ1n) is 15.7. The summed E-state index contributed by atoms with van der Waals surface area (Å²) in [6.07, 6.45) is 8.54. The minimum atomic E-state index is -0.106. The van der Waals surface area contributed by atoms with Crippen LogP contribution in [-0.2, 0) is 10.8 Å². The second-order valence-corrected chi connectivity index (χ2v) is 13.7. The Morgan fingerprint density at radius 2 is 1.18 bits per heavy atom. The van der Waals surface area contributed by atoms with Crippen molar-refractivity contribution in [1.29, 1.82) is 0 Å². The third-order valence-corrected chi connectivity index (χ3v) is 10.5. The zero-order valence-electron chi connectivity index (χ0n) is 25.6. The van der Waals surface area contributed by atoms with Gasteiger partial charge in [0.05, 0.1) is 23.1 Å². The van der Waals surface area contributed by atoms with E-state index in [0.29, 0.717) is 0 Å². The van der Waals surface area contributed by atoms with E-state index in [2.05, 4.69) is 154 Å². The minimum Gasteiger partial charge on any atom is -0.371 e. The molecule has 44 heavy (non-hydrogen) atoms. The van der Waals surface area contributed by atoms with Gasteiger partial charge >= 0.3 is 0 Å². The number of hydrogen-bond acceptors (Lipinski definition) is 2. The van der Waals surface area contributed by atoms with Crippen molar-refractivity contribution in [1.82, 2.24) is 5.32 Å². The Morgan fingerprint density at radius 3 is 2.00 bits per heavy atom. The highest BCUT2D eigenvalue weighted by Crippen LogP contribution is 2.52. The molecule has 9 rings (SSSR count). The lowest BCUT2D eigenvalue weighted by Crippen LogP contribution is -2.37. The Labute approximate surface area is 259 Å². The van der Waals surface area contributed by atoms with E-state index in [1.807, 2.05) is 0 Å². The molecule has 1 N–H and O–H groups in total. The Hall–Kier alpha value is -4.95. The number of allylic oxidation sites excluding steroid dienone is 2. The van der Waals surface area contributed by atoms with Crippen molar-refractivity contribution in [2.45, 2.75) is 44.6 Å². The van der Waals surface area contributed by atoms with Crippen molar-refractivity contribution in [3.63, 3.8) is 0 Å². The topological polar surface area (TPSA) is 24.4 Å². The zero-order valence-corrected chi connectivity index (χ0v) is 25.6. The summed E-state index contributed by atoms with van der Waals surface area (Å²) >= 11 is 0. The van der Waals surface area contributed by atoms with Gasteiger partial charge in [0.15, 0.2) is 0 Å². The summed E-state index contributed by atoms with van der Waals surface area (Å²) in [5.41, 5.74) is 16.2. The van der Waals surface area contributed by atoms with Gasteiger partial charge < -0.3 is 5.32 Å². The summed E-state index contributed by atoms with van der Waals surface area (Å²) in [7, 11) is 0. The number of fused-ring (bicyclic) bond motifs is 8. The zero-order chi connectivity index (χ0) is 29.8. The van der Waals surface area contributed by atoms with Crippen LogP contribution in [0.4, 0.5) is 0 Å². The van der Waals surface area contributed by atoms with Crippen LogP contribution in [0.15, 0.2) is 126 Å². The van der Waals surface area contributed by atoms with Crippen LogP contribution in [0.5, 0.6) is 0 Å². The molecular formula is C42H34N2. The van der Waals surface area contributed by atoms with E-state index in [9.17, 15) is 0 Å². The summed E-state index contributed by atoms with van der Waals surface area (Å²) in [5, 5.41) is 6.49. The number of hydrogen-bond donors (Lipinski definition) is 1. The summed E-state index contributed by atoms with van der Waals surface area (Å²) < 4.78 is 0. The fourth-order valence-corrected chi connectivity index (χ4v) is 8.03. The van der Waals surface area contributed by atoms with Gasteiger partial charge in [-0.05, 0) is 85.6 Å². The monoisotopic (exact) mass is 566 g/mol. The van der Waals surface area contributed by atoms with Gasteiger partial charge in [-0.15, -0.1) is 0 Å².